The number of benzene rings is 1. The molecular weight excluding hydrogens is 360 g/mol. The lowest BCUT2D eigenvalue weighted by atomic mass is 9.95. The fourth-order valence-corrected chi connectivity index (χ4v) is 3.90. The van der Waals surface area contributed by atoms with E-state index in [1.807, 2.05) is 17.0 Å². The number of guanidine groups is 1. The number of nitrogens with zero attached hydrogens (tertiary/aromatic N) is 3. The highest BCUT2D eigenvalue weighted by Gasteiger charge is 2.45. The van der Waals surface area contributed by atoms with Gasteiger partial charge in [-0.05, 0) is 43.0 Å². The zero-order valence-corrected chi connectivity index (χ0v) is 16.0. The lowest BCUT2D eigenvalue weighted by Gasteiger charge is -2.22. The molecule has 1 aliphatic carbocycles. The zero-order chi connectivity index (χ0) is 19.6. The Hall–Kier alpha value is -2.70. The van der Waals surface area contributed by atoms with E-state index in [1.54, 1.807) is 25.4 Å². The lowest BCUT2D eigenvalue weighted by molar-refractivity contribution is 0.555. The van der Waals surface area contributed by atoms with Gasteiger partial charge in [-0.25, -0.2) is 13.8 Å². The molecule has 0 bridgehead atoms. The van der Waals surface area contributed by atoms with Crippen LogP contribution in [-0.2, 0) is 5.41 Å². The van der Waals surface area contributed by atoms with Crippen LogP contribution in [-0.4, -0.2) is 43.7 Å². The number of hydrogen-bond donors (Lipinski definition) is 2. The Morgan fingerprint density at radius 2 is 2.00 bits per heavy atom. The number of aromatic nitrogens is 1. The second kappa shape index (κ2) is 7.73. The Balaban J connectivity index is 1.34. The van der Waals surface area contributed by atoms with E-state index in [0.717, 1.165) is 31.4 Å². The topological polar surface area (TPSA) is 52.6 Å². The monoisotopic (exact) mass is 385 g/mol. The maximum Gasteiger partial charge on any atom is 0.191 e. The molecule has 28 heavy (non-hydrogen) atoms. The second-order valence-electron chi connectivity index (χ2n) is 7.57. The molecule has 1 unspecified atom stereocenters. The summed E-state index contributed by atoms with van der Waals surface area (Å²) in [5.41, 5.74) is 0.623. The molecule has 5 nitrogen and oxygen atoms in total. The second-order valence-corrected chi connectivity index (χ2v) is 7.57. The summed E-state index contributed by atoms with van der Waals surface area (Å²) in [6.45, 7) is 2.04. The van der Waals surface area contributed by atoms with Gasteiger partial charge in [-0.2, -0.15) is 0 Å². The highest BCUT2D eigenvalue weighted by Crippen LogP contribution is 2.48. The van der Waals surface area contributed by atoms with E-state index in [4.69, 9.17) is 0 Å². The lowest BCUT2D eigenvalue weighted by Crippen LogP contribution is -2.46. The summed E-state index contributed by atoms with van der Waals surface area (Å²) in [7, 11) is 1.73. The first-order valence-corrected chi connectivity index (χ1v) is 9.69. The Morgan fingerprint density at radius 3 is 2.71 bits per heavy atom. The van der Waals surface area contributed by atoms with E-state index in [2.05, 4.69) is 20.6 Å². The summed E-state index contributed by atoms with van der Waals surface area (Å²) in [4.78, 5) is 10.4. The van der Waals surface area contributed by atoms with E-state index < -0.39 is 0 Å². The molecule has 2 aromatic rings. The molecule has 2 N–H and O–H groups in total. The van der Waals surface area contributed by atoms with Crippen molar-refractivity contribution in [3.63, 3.8) is 0 Å². The molecule has 2 aliphatic rings. The van der Waals surface area contributed by atoms with Crippen molar-refractivity contribution in [1.82, 2.24) is 15.6 Å². The minimum Gasteiger partial charge on any atom is -0.356 e. The van der Waals surface area contributed by atoms with Crippen molar-refractivity contribution in [3.8, 4) is 0 Å². The smallest absolute Gasteiger partial charge is 0.191 e. The van der Waals surface area contributed by atoms with Crippen LogP contribution in [0.15, 0.2) is 47.6 Å². The van der Waals surface area contributed by atoms with Crippen LogP contribution < -0.4 is 15.5 Å². The third kappa shape index (κ3) is 3.79. The summed E-state index contributed by atoms with van der Waals surface area (Å²) in [6, 6.07) is 10.2. The van der Waals surface area contributed by atoms with Gasteiger partial charge in [0, 0.05) is 44.3 Å². The minimum absolute atomic E-state index is 0.145. The van der Waals surface area contributed by atoms with Crippen LogP contribution in [0.5, 0.6) is 0 Å². The molecule has 0 spiro atoms. The highest BCUT2D eigenvalue weighted by molar-refractivity contribution is 5.80. The fraction of sp³-hybridized carbons (Fsp3) is 0.429. The van der Waals surface area contributed by atoms with Gasteiger partial charge in [-0.1, -0.05) is 18.2 Å². The third-order valence-corrected chi connectivity index (χ3v) is 5.68. The van der Waals surface area contributed by atoms with E-state index in [0.29, 0.717) is 24.9 Å². The molecule has 1 aromatic heterocycles. The van der Waals surface area contributed by atoms with Gasteiger partial charge in [0.1, 0.15) is 5.82 Å². The van der Waals surface area contributed by atoms with Gasteiger partial charge in [0.2, 0.25) is 0 Å². The van der Waals surface area contributed by atoms with E-state index >= 15 is 0 Å². The van der Waals surface area contributed by atoms with Crippen molar-refractivity contribution in [2.45, 2.75) is 30.7 Å². The molecule has 0 amide bonds. The number of halogens is 2. The number of pyridine rings is 1. The number of nitrogens with one attached hydrogen (secondary N) is 2. The fourth-order valence-electron chi connectivity index (χ4n) is 3.90. The van der Waals surface area contributed by atoms with Crippen molar-refractivity contribution in [2.75, 3.05) is 31.6 Å². The molecule has 1 atom stereocenters. The van der Waals surface area contributed by atoms with Gasteiger partial charge in [-0.3, -0.25) is 4.99 Å². The Labute approximate surface area is 163 Å². The van der Waals surface area contributed by atoms with E-state index in [1.165, 1.54) is 12.1 Å². The summed E-state index contributed by atoms with van der Waals surface area (Å²) >= 11 is 0. The first kappa shape index (κ1) is 18.7. The summed E-state index contributed by atoms with van der Waals surface area (Å²) in [6.07, 6.45) is 4.41. The molecule has 1 aliphatic heterocycles. The zero-order valence-electron chi connectivity index (χ0n) is 16.0. The van der Waals surface area contributed by atoms with Gasteiger partial charge in [0.05, 0.1) is 0 Å². The van der Waals surface area contributed by atoms with Crippen molar-refractivity contribution in [2.24, 2.45) is 4.99 Å². The van der Waals surface area contributed by atoms with Crippen molar-refractivity contribution >= 4 is 11.8 Å². The summed E-state index contributed by atoms with van der Waals surface area (Å²) in [5.74, 6) is 0.641. The molecular formula is C21H25F2N5. The van der Waals surface area contributed by atoms with Crippen LogP contribution in [0.4, 0.5) is 14.6 Å². The molecule has 1 saturated carbocycles. The molecule has 148 valence electrons. The van der Waals surface area contributed by atoms with Crippen molar-refractivity contribution in [1.29, 1.82) is 0 Å². The van der Waals surface area contributed by atoms with Crippen LogP contribution in [0.2, 0.25) is 0 Å². The third-order valence-electron chi connectivity index (χ3n) is 5.68. The first-order chi connectivity index (χ1) is 13.6. The van der Waals surface area contributed by atoms with Crippen LogP contribution >= 0.6 is 0 Å². The van der Waals surface area contributed by atoms with Crippen molar-refractivity contribution in [3.05, 3.63) is 59.8 Å². The molecule has 4 rings (SSSR count). The van der Waals surface area contributed by atoms with Gasteiger partial charge in [-0.15, -0.1) is 0 Å². The van der Waals surface area contributed by atoms with Gasteiger partial charge >= 0.3 is 0 Å². The molecule has 0 radical (unpaired) electrons. The van der Waals surface area contributed by atoms with E-state index in [9.17, 15) is 8.78 Å². The number of aliphatic imine (C=N–C) groups is 1. The Morgan fingerprint density at radius 1 is 1.21 bits per heavy atom. The molecule has 1 aromatic carbocycles. The quantitative estimate of drug-likeness (QED) is 0.614. The SMILES string of the molecule is CN=C(NCC1(c2ccccc2F)CC1)NC1CCN(c2ncccc2F)C1. The average Bonchev–Trinajstić information content (AvgIpc) is 3.35. The normalized spacial score (nSPS) is 20.9. The average molecular weight is 385 g/mol. The molecule has 1 saturated heterocycles. The van der Waals surface area contributed by atoms with Crippen LogP contribution in [0.1, 0.15) is 24.8 Å². The number of hydrogen-bond acceptors (Lipinski definition) is 3. The van der Waals surface area contributed by atoms with Gasteiger partial charge in [0.15, 0.2) is 17.6 Å². The summed E-state index contributed by atoms with van der Waals surface area (Å²) in [5, 5.41) is 6.76. The molecule has 7 heteroatoms. The predicted octanol–water partition coefficient (Wildman–Crippen LogP) is 2.84. The van der Waals surface area contributed by atoms with Crippen LogP contribution in [0, 0.1) is 11.6 Å². The first-order valence-electron chi connectivity index (χ1n) is 9.69. The molecule has 2 heterocycles. The van der Waals surface area contributed by atoms with Crippen LogP contribution in [0.25, 0.3) is 0 Å². The van der Waals surface area contributed by atoms with Crippen LogP contribution in [0.3, 0.4) is 0 Å². The Bertz CT molecular complexity index is 865. The van der Waals surface area contributed by atoms with Gasteiger partial charge < -0.3 is 15.5 Å². The Kier molecular flexibility index (Phi) is 5.15. The standard InChI is InChI=1S/C21H25F2N5/c1-24-20(26-14-21(9-10-21)16-5-2-3-6-17(16)22)27-15-8-12-28(13-15)19-18(23)7-4-11-25-19/h2-7,11,15H,8-10,12-14H2,1H3,(H2,24,26,27). The maximum atomic E-state index is 14.2. The number of rotatable bonds is 5. The molecule has 2 fully saturated rings. The largest absolute Gasteiger partial charge is 0.356 e. The van der Waals surface area contributed by atoms with Crippen molar-refractivity contribution < 1.29 is 8.78 Å². The predicted molar refractivity (Wildman–Crippen MR) is 107 cm³/mol. The minimum atomic E-state index is -0.300. The summed E-state index contributed by atoms with van der Waals surface area (Å²) < 4.78 is 28.1. The maximum absolute atomic E-state index is 14.2. The van der Waals surface area contributed by atoms with Gasteiger partial charge in [0.25, 0.3) is 0 Å². The highest BCUT2D eigenvalue weighted by atomic mass is 19.1. The van der Waals surface area contributed by atoms with E-state index in [-0.39, 0.29) is 23.1 Å². The number of anilines is 1.